The summed E-state index contributed by atoms with van der Waals surface area (Å²) < 4.78 is 0. The van der Waals surface area contributed by atoms with Gasteiger partial charge < -0.3 is 4.98 Å². The van der Waals surface area contributed by atoms with E-state index in [9.17, 15) is 4.79 Å². The predicted molar refractivity (Wildman–Crippen MR) is 77.8 cm³/mol. The van der Waals surface area contributed by atoms with Gasteiger partial charge in [0.05, 0.1) is 0 Å². The molecule has 2 aromatic rings. The normalized spacial score (nSPS) is 9.50. The van der Waals surface area contributed by atoms with Crippen molar-refractivity contribution in [1.29, 1.82) is 0 Å². The van der Waals surface area contributed by atoms with Gasteiger partial charge in [0.2, 0.25) is 5.56 Å². The molecule has 2 heteroatoms. The van der Waals surface area contributed by atoms with E-state index in [1.54, 1.807) is 12.3 Å². The van der Waals surface area contributed by atoms with E-state index in [-0.39, 0.29) is 5.56 Å². The van der Waals surface area contributed by atoms with E-state index in [0.717, 1.165) is 24.0 Å². The van der Waals surface area contributed by atoms with E-state index in [1.807, 2.05) is 19.9 Å². The molecule has 0 unspecified atom stereocenters. The van der Waals surface area contributed by atoms with Gasteiger partial charge in [0.25, 0.3) is 0 Å². The van der Waals surface area contributed by atoms with Gasteiger partial charge >= 0.3 is 0 Å². The Morgan fingerprint density at radius 2 is 1.56 bits per heavy atom. The van der Waals surface area contributed by atoms with Crippen LogP contribution < -0.4 is 5.56 Å². The zero-order valence-corrected chi connectivity index (χ0v) is 11.4. The molecule has 18 heavy (non-hydrogen) atoms. The summed E-state index contributed by atoms with van der Waals surface area (Å²) >= 11 is 0. The van der Waals surface area contributed by atoms with Gasteiger partial charge in [-0.15, -0.1) is 0 Å². The zero-order chi connectivity index (χ0) is 13.4. The topological polar surface area (TPSA) is 32.9 Å². The lowest BCUT2D eigenvalue weighted by Gasteiger charge is -2.03. The molecule has 2 nitrogen and oxygen atoms in total. The molecular weight excluding hydrogens is 222 g/mol. The minimum absolute atomic E-state index is 0.0636. The first-order valence-corrected chi connectivity index (χ1v) is 6.57. The van der Waals surface area contributed by atoms with E-state index in [2.05, 4.69) is 36.2 Å². The molecule has 0 saturated heterocycles. The Morgan fingerprint density at radius 3 is 2.06 bits per heavy atom. The second-order valence-electron chi connectivity index (χ2n) is 3.89. The molecule has 0 radical (unpaired) electrons. The second-order valence-corrected chi connectivity index (χ2v) is 3.89. The highest BCUT2D eigenvalue weighted by atomic mass is 16.1. The molecule has 0 amide bonds. The summed E-state index contributed by atoms with van der Waals surface area (Å²) in [7, 11) is 0. The monoisotopic (exact) mass is 243 g/mol. The van der Waals surface area contributed by atoms with Gasteiger partial charge in [-0.3, -0.25) is 4.79 Å². The SMILES string of the molecule is CC.CCCc1ccc(-c2ccc(=O)[nH]c2)cc1. The fourth-order valence-electron chi connectivity index (χ4n) is 1.74. The number of aromatic amines is 1. The molecule has 1 aromatic carbocycles. The van der Waals surface area contributed by atoms with Crippen LogP contribution in [0.5, 0.6) is 0 Å². The summed E-state index contributed by atoms with van der Waals surface area (Å²) in [5.41, 5.74) is 3.47. The maximum atomic E-state index is 10.9. The summed E-state index contributed by atoms with van der Waals surface area (Å²) in [6, 6.07) is 11.9. The molecule has 0 fully saturated rings. The predicted octanol–water partition coefficient (Wildman–Crippen LogP) is 4.02. The molecule has 1 N–H and O–H groups in total. The Balaban J connectivity index is 0.000000771. The molecule has 0 saturated carbocycles. The average molecular weight is 243 g/mol. The lowest BCUT2D eigenvalue weighted by molar-refractivity contribution is 0.922. The first kappa shape index (κ1) is 14.2. The van der Waals surface area contributed by atoms with Gasteiger partial charge in [-0.1, -0.05) is 51.5 Å². The van der Waals surface area contributed by atoms with Crippen LogP contribution in [0.3, 0.4) is 0 Å². The second kappa shape index (κ2) is 7.49. The standard InChI is InChI=1S/C14H15NO.C2H6/c1-2-3-11-4-6-12(7-5-11)13-8-9-14(16)15-10-13;1-2/h4-10H,2-3H2,1H3,(H,15,16);1-2H3. The van der Waals surface area contributed by atoms with Crippen LogP contribution in [0.25, 0.3) is 11.1 Å². The quantitative estimate of drug-likeness (QED) is 0.867. The van der Waals surface area contributed by atoms with Crippen molar-refractivity contribution in [1.82, 2.24) is 4.98 Å². The highest BCUT2D eigenvalue weighted by molar-refractivity contribution is 5.62. The Hall–Kier alpha value is -1.83. The van der Waals surface area contributed by atoms with Gasteiger partial charge in [0, 0.05) is 12.3 Å². The lowest BCUT2D eigenvalue weighted by atomic mass is 10.0. The van der Waals surface area contributed by atoms with Gasteiger partial charge in [-0.05, 0) is 29.2 Å². The number of pyridine rings is 1. The van der Waals surface area contributed by atoms with Crippen molar-refractivity contribution < 1.29 is 0 Å². The maximum absolute atomic E-state index is 10.9. The largest absolute Gasteiger partial charge is 0.328 e. The molecule has 0 bridgehead atoms. The summed E-state index contributed by atoms with van der Waals surface area (Å²) in [5, 5.41) is 0. The van der Waals surface area contributed by atoms with E-state index >= 15 is 0 Å². The Labute approximate surface area is 109 Å². The smallest absolute Gasteiger partial charge is 0.247 e. The van der Waals surface area contributed by atoms with Crippen molar-refractivity contribution >= 4 is 0 Å². The number of benzene rings is 1. The van der Waals surface area contributed by atoms with Crippen molar-refractivity contribution in [3.05, 3.63) is 58.5 Å². The molecule has 1 heterocycles. The van der Waals surface area contributed by atoms with Gasteiger partial charge in [-0.2, -0.15) is 0 Å². The Kier molecular flexibility index (Phi) is 5.92. The molecule has 0 atom stereocenters. The summed E-state index contributed by atoms with van der Waals surface area (Å²) in [5.74, 6) is 0. The van der Waals surface area contributed by atoms with Crippen molar-refractivity contribution in [3.8, 4) is 11.1 Å². The number of H-pyrrole nitrogens is 1. The molecule has 0 aliphatic carbocycles. The molecule has 2 rings (SSSR count). The average Bonchev–Trinajstić information content (AvgIpc) is 2.43. The van der Waals surface area contributed by atoms with Crippen LogP contribution >= 0.6 is 0 Å². The maximum Gasteiger partial charge on any atom is 0.247 e. The van der Waals surface area contributed by atoms with Crippen LogP contribution in [0, 0.1) is 0 Å². The molecule has 96 valence electrons. The third-order valence-electron chi connectivity index (χ3n) is 2.61. The van der Waals surface area contributed by atoms with Crippen LogP contribution in [0.1, 0.15) is 32.8 Å². The van der Waals surface area contributed by atoms with E-state index in [0.29, 0.717) is 0 Å². The highest BCUT2D eigenvalue weighted by Gasteiger charge is 1.97. The molecule has 0 aliphatic rings. The minimum Gasteiger partial charge on any atom is -0.328 e. The first-order valence-electron chi connectivity index (χ1n) is 6.57. The first-order chi connectivity index (χ1) is 8.79. The van der Waals surface area contributed by atoms with Gasteiger partial charge in [0.1, 0.15) is 0 Å². The van der Waals surface area contributed by atoms with Crippen LogP contribution in [0.2, 0.25) is 0 Å². The lowest BCUT2D eigenvalue weighted by Crippen LogP contribution is -2.01. The number of aromatic nitrogens is 1. The number of nitrogens with one attached hydrogen (secondary N) is 1. The summed E-state index contributed by atoms with van der Waals surface area (Å²) in [4.78, 5) is 13.6. The number of hydrogen-bond donors (Lipinski definition) is 1. The van der Waals surface area contributed by atoms with Crippen LogP contribution in [0.15, 0.2) is 47.4 Å². The zero-order valence-electron chi connectivity index (χ0n) is 11.4. The fourth-order valence-corrected chi connectivity index (χ4v) is 1.74. The summed E-state index contributed by atoms with van der Waals surface area (Å²) in [6.07, 6.45) is 4.03. The van der Waals surface area contributed by atoms with Gasteiger partial charge in [-0.25, -0.2) is 0 Å². The van der Waals surface area contributed by atoms with Crippen LogP contribution in [-0.2, 0) is 6.42 Å². The molecule has 1 aromatic heterocycles. The minimum atomic E-state index is -0.0636. The van der Waals surface area contributed by atoms with E-state index < -0.39 is 0 Å². The molecule has 0 spiro atoms. The van der Waals surface area contributed by atoms with Crippen LogP contribution in [0.4, 0.5) is 0 Å². The van der Waals surface area contributed by atoms with Crippen molar-refractivity contribution in [2.75, 3.05) is 0 Å². The van der Waals surface area contributed by atoms with Crippen LogP contribution in [-0.4, -0.2) is 4.98 Å². The van der Waals surface area contributed by atoms with Crippen molar-refractivity contribution in [2.45, 2.75) is 33.6 Å². The van der Waals surface area contributed by atoms with Gasteiger partial charge in [0.15, 0.2) is 0 Å². The Bertz CT molecular complexity index is 491. The van der Waals surface area contributed by atoms with Crippen molar-refractivity contribution in [2.24, 2.45) is 0 Å². The third kappa shape index (κ3) is 3.88. The molecule has 0 aliphatic heterocycles. The Morgan fingerprint density at radius 1 is 0.944 bits per heavy atom. The van der Waals surface area contributed by atoms with E-state index in [1.165, 1.54) is 5.56 Å². The van der Waals surface area contributed by atoms with E-state index in [4.69, 9.17) is 0 Å². The number of aryl methyl sites for hydroxylation is 1. The number of hydrogen-bond acceptors (Lipinski definition) is 1. The van der Waals surface area contributed by atoms with Crippen molar-refractivity contribution in [3.63, 3.8) is 0 Å². The third-order valence-corrected chi connectivity index (χ3v) is 2.61. The fraction of sp³-hybridized carbons (Fsp3) is 0.312. The summed E-state index contributed by atoms with van der Waals surface area (Å²) in [6.45, 7) is 6.18. The highest BCUT2D eigenvalue weighted by Crippen LogP contribution is 2.18. The number of rotatable bonds is 3. The molecular formula is C16H21NO.